The first kappa shape index (κ1) is 23.7. The maximum Gasteiger partial charge on any atom is 0.256 e. The largest absolute Gasteiger partial charge is 0.496 e. The van der Waals surface area contributed by atoms with Gasteiger partial charge in [-0.2, -0.15) is 0 Å². The second-order valence-corrected chi connectivity index (χ2v) is 9.71. The smallest absolute Gasteiger partial charge is 0.256 e. The lowest BCUT2D eigenvalue weighted by atomic mass is 9.88. The lowest BCUT2D eigenvalue weighted by molar-refractivity contribution is -0.132. The molecule has 1 aromatic heterocycles. The molecular weight excluding hydrogens is 464 g/mol. The molecule has 2 fully saturated rings. The summed E-state index contributed by atoms with van der Waals surface area (Å²) >= 11 is 6.29. The van der Waals surface area contributed by atoms with E-state index in [1.54, 1.807) is 13.2 Å². The second kappa shape index (κ2) is 10.3. The Morgan fingerprint density at radius 3 is 2.51 bits per heavy atom. The fourth-order valence-electron chi connectivity index (χ4n) is 5.29. The summed E-state index contributed by atoms with van der Waals surface area (Å²) in [4.78, 5) is 30.4. The molecule has 3 aromatic rings. The molecular formula is C27H31ClN4O3. The van der Waals surface area contributed by atoms with Crippen LogP contribution < -0.4 is 10.1 Å². The molecule has 2 aliphatic heterocycles. The Hall–Kier alpha value is -3.03. The van der Waals surface area contributed by atoms with Gasteiger partial charge in [-0.05, 0) is 42.5 Å². The van der Waals surface area contributed by atoms with E-state index in [4.69, 9.17) is 16.3 Å². The number of piperidine rings is 1. The number of hydrogen-bond donors (Lipinski definition) is 1. The number of piperazine rings is 1. The zero-order valence-corrected chi connectivity index (χ0v) is 20.8. The predicted octanol–water partition coefficient (Wildman–Crippen LogP) is 3.75. The third-order valence-corrected chi connectivity index (χ3v) is 7.45. The fraction of sp³-hybridized carbons (Fsp3) is 0.407. The molecule has 0 aliphatic carbocycles. The Morgan fingerprint density at radius 2 is 1.77 bits per heavy atom. The third kappa shape index (κ3) is 4.88. The van der Waals surface area contributed by atoms with Crippen molar-refractivity contribution in [3.8, 4) is 5.75 Å². The van der Waals surface area contributed by atoms with Crippen molar-refractivity contribution >= 4 is 34.3 Å². The van der Waals surface area contributed by atoms with Crippen LogP contribution in [0.15, 0.2) is 48.7 Å². The molecule has 0 atom stereocenters. The van der Waals surface area contributed by atoms with Crippen molar-refractivity contribution in [2.45, 2.75) is 25.3 Å². The van der Waals surface area contributed by atoms with Crippen molar-refractivity contribution in [1.82, 2.24) is 19.7 Å². The molecule has 184 valence electrons. The van der Waals surface area contributed by atoms with Crippen LogP contribution in [0.3, 0.4) is 0 Å². The van der Waals surface area contributed by atoms with Gasteiger partial charge in [0, 0.05) is 55.9 Å². The molecule has 35 heavy (non-hydrogen) atoms. The highest BCUT2D eigenvalue weighted by molar-refractivity contribution is 6.31. The van der Waals surface area contributed by atoms with Gasteiger partial charge in [-0.3, -0.25) is 9.59 Å². The van der Waals surface area contributed by atoms with E-state index >= 15 is 0 Å². The molecule has 0 spiro atoms. The average Bonchev–Trinajstić information content (AvgIpc) is 3.26. The summed E-state index contributed by atoms with van der Waals surface area (Å²) in [5.74, 6) is 1.34. The topological polar surface area (TPSA) is 66.8 Å². The highest BCUT2D eigenvalue weighted by atomic mass is 35.5. The molecule has 2 aliphatic rings. The molecule has 0 unspecified atom stereocenters. The zero-order chi connectivity index (χ0) is 24.4. The summed E-state index contributed by atoms with van der Waals surface area (Å²) in [5.41, 5.74) is 2.65. The minimum absolute atomic E-state index is 0.00386. The third-order valence-electron chi connectivity index (χ3n) is 7.21. The van der Waals surface area contributed by atoms with Crippen LogP contribution in [0, 0.1) is 0 Å². The number of rotatable bonds is 5. The van der Waals surface area contributed by atoms with Crippen molar-refractivity contribution in [1.29, 1.82) is 0 Å². The van der Waals surface area contributed by atoms with Gasteiger partial charge in [0.05, 0.1) is 18.2 Å². The molecule has 5 rings (SSSR count). The molecule has 1 N–H and O–H groups in total. The zero-order valence-electron chi connectivity index (χ0n) is 20.0. The Morgan fingerprint density at radius 1 is 1.03 bits per heavy atom. The van der Waals surface area contributed by atoms with Gasteiger partial charge >= 0.3 is 0 Å². The number of halogens is 1. The Kier molecular flexibility index (Phi) is 6.97. The van der Waals surface area contributed by atoms with E-state index < -0.39 is 0 Å². The summed E-state index contributed by atoms with van der Waals surface area (Å²) in [5, 5.41) is 4.69. The van der Waals surface area contributed by atoms with Crippen molar-refractivity contribution < 1.29 is 14.3 Å². The second-order valence-electron chi connectivity index (χ2n) is 9.27. The quantitative estimate of drug-likeness (QED) is 0.586. The van der Waals surface area contributed by atoms with Crippen LogP contribution >= 0.6 is 11.6 Å². The first-order valence-corrected chi connectivity index (χ1v) is 12.6. The van der Waals surface area contributed by atoms with E-state index in [9.17, 15) is 9.59 Å². The number of aromatic nitrogens is 1. The number of nitrogens with one attached hydrogen (secondary N) is 1. The van der Waals surface area contributed by atoms with Crippen LogP contribution in [0.1, 0.15) is 34.7 Å². The number of ether oxygens (including phenoxy) is 1. The number of likely N-dealkylation sites (tertiary alicyclic amines) is 1. The fourth-order valence-corrected chi connectivity index (χ4v) is 5.46. The van der Waals surface area contributed by atoms with Crippen LogP contribution in [0.5, 0.6) is 5.75 Å². The van der Waals surface area contributed by atoms with Gasteiger partial charge in [0.25, 0.3) is 5.91 Å². The normalized spacial score (nSPS) is 17.1. The van der Waals surface area contributed by atoms with E-state index in [2.05, 4.69) is 11.4 Å². The average molecular weight is 495 g/mol. The van der Waals surface area contributed by atoms with Crippen LogP contribution in [0.4, 0.5) is 0 Å². The number of benzene rings is 2. The minimum Gasteiger partial charge on any atom is -0.496 e. The van der Waals surface area contributed by atoms with Gasteiger partial charge in [-0.1, -0.05) is 35.9 Å². The predicted molar refractivity (Wildman–Crippen MR) is 137 cm³/mol. The van der Waals surface area contributed by atoms with Gasteiger partial charge in [0.15, 0.2) is 0 Å². The maximum atomic E-state index is 13.6. The van der Waals surface area contributed by atoms with E-state index in [1.807, 2.05) is 50.9 Å². The molecule has 2 aromatic carbocycles. The SMILES string of the molecule is COc1ccccc1C1CCN(C(=O)c2cn(CC(=O)N3CCNCC3)c3cc(Cl)ccc23)CC1. The number of nitrogens with zero attached hydrogens (tertiary/aromatic N) is 3. The molecule has 0 bridgehead atoms. The molecule has 8 heteroatoms. The molecule has 0 saturated carbocycles. The van der Waals surface area contributed by atoms with Crippen molar-refractivity contribution in [2.75, 3.05) is 46.4 Å². The van der Waals surface area contributed by atoms with Crippen molar-refractivity contribution in [2.24, 2.45) is 0 Å². The minimum atomic E-state index is 0.00386. The number of methoxy groups -OCH3 is 1. The van der Waals surface area contributed by atoms with Crippen LogP contribution in [0.25, 0.3) is 10.9 Å². The number of amides is 2. The summed E-state index contributed by atoms with van der Waals surface area (Å²) in [6.45, 7) is 4.57. The van der Waals surface area contributed by atoms with Gasteiger partial charge in [-0.15, -0.1) is 0 Å². The first-order chi connectivity index (χ1) is 17.0. The highest BCUT2D eigenvalue weighted by Gasteiger charge is 2.28. The molecule has 2 amide bonds. The summed E-state index contributed by atoms with van der Waals surface area (Å²) in [7, 11) is 1.70. The Bertz CT molecular complexity index is 1230. The summed E-state index contributed by atoms with van der Waals surface area (Å²) in [6.07, 6.45) is 3.60. The number of carbonyl (C=O) groups is 2. The number of carbonyl (C=O) groups excluding carboxylic acids is 2. The lowest BCUT2D eigenvalue weighted by Crippen LogP contribution is -2.47. The first-order valence-electron chi connectivity index (χ1n) is 12.2. The van der Waals surface area contributed by atoms with Gasteiger partial charge in [0.1, 0.15) is 12.3 Å². The maximum absolute atomic E-state index is 13.6. The van der Waals surface area contributed by atoms with E-state index in [-0.39, 0.29) is 18.4 Å². The summed E-state index contributed by atoms with van der Waals surface area (Å²) < 4.78 is 7.43. The number of hydrogen-bond acceptors (Lipinski definition) is 4. The van der Waals surface area contributed by atoms with Crippen molar-refractivity contribution in [3.63, 3.8) is 0 Å². The van der Waals surface area contributed by atoms with Crippen LogP contribution in [-0.4, -0.2) is 72.6 Å². The molecule has 2 saturated heterocycles. The monoisotopic (exact) mass is 494 g/mol. The van der Waals surface area contributed by atoms with Gasteiger partial charge in [0.2, 0.25) is 5.91 Å². The van der Waals surface area contributed by atoms with E-state index in [1.165, 1.54) is 5.56 Å². The molecule has 3 heterocycles. The number of para-hydroxylation sites is 1. The summed E-state index contributed by atoms with van der Waals surface area (Å²) in [6, 6.07) is 13.7. The Balaban J connectivity index is 1.35. The van der Waals surface area contributed by atoms with E-state index in [0.29, 0.717) is 42.7 Å². The van der Waals surface area contributed by atoms with Gasteiger partial charge < -0.3 is 24.4 Å². The Labute approximate surface area is 210 Å². The van der Waals surface area contributed by atoms with Gasteiger partial charge in [-0.25, -0.2) is 0 Å². The van der Waals surface area contributed by atoms with E-state index in [0.717, 1.165) is 42.6 Å². The van der Waals surface area contributed by atoms with Crippen LogP contribution in [-0.2, 0) is 11.3 Å². The standard InChI is InChI=1S/C27H31ClN4O3/c1-35-25-5-3-2-4-21(25)19-8-12-31(13-9-19)27(34)23-17-32(24-16-20(28)6-7-22(23)24)18-26(33)30-14-10-29-11-15-30/h2-7,16-17,19,29H,8-15,18H2,1H3. The lowest BCUT2D eigenvalue weighted by Gasteiger charge is -2.32. The molecule has 0 radical (unpaired) electrons. The van der Waals surface area contributed by atoms with Crippen molar-refractivity contribution in [3.05, 3.63) is 64.8 Å². The number of fused-ring (bicyclic) bond motifs is 1. The highest BCUT2D eigenvalue weighted by Crippen LogP contribution is 2.35. The van der Waals surface area contributed by atoms with Crippen LogP contribution in [0.2, 0.25) is 5.02 Å². The molecule has 7 nitrogen and oxygen atoms in total.